The number of piperidine rings is 1. The molecule has 4 heterocycles. The second-order valence-electron chi connectivity index (χ2n) is 7.45. The molecule has 28 heavy (non-hydrogen) atoms. The minimum Gasteiger partial charge on any atom is -0.481 e. The van der Waals surface area contributed by atoms with Crippen molar-refractivity contribution in [2.75, 3.05) is 18.0 Å². The Labute approximate surface area is 166 Å². The summed E-state index contributed by atoms with van der Waals surface area (Å²) < 4.78 is 0. The average molecular weight is 395 g/mol. The summed E-state index contributed by atoms with van der Waals surface area (Å²) in [7, 11) is 0. The molecular formula is C20H21N5O2S. The van der Waals surface area contributed by atoms with Crippen LogP contribution in [0.4, 0.5) is 5.82 Å². The average Bonchev–Trinajstić information content (AvgIpc) is 3.12. The topological polar surface area (TPSA) is 92.1 Å². The van der Waals surface area contributed by atoms with E-state index < -0.39 is 5.97 Å². The van der Waals surface area contributed by atoms with Crippen molar-refractivity contribution in [2.24, 2.45) is 5.92 Å². The SMILES string of the molecule is O=C(O)C1CCN(c2nc(-c3cnccn3)nc3sc4c(c23)CCCC4)CC1. The van der Waals surface area contributed by atoms with Crippen molar-refractivity contribution >= 4 is 33.3 Å². The summed E-state index contributed by atoms with van der Waals surface area (Å²) in [6.07, 6.45) is 10.9. The Balaban J connectivity index is 1.63. The number of carboxylic acids is 1. The Kier molecular flexibility index (Phi) is 4.43. The maximum Gasteiger partial charge on any atom is 0.306 e. The van der Waals surface area contributed by atoms with Gasteiger partial charge in [0.25, 0.3) is 0 Å². The lowest BCUT2D eigenvalue weighted by Gasteiger charge is -2.32. The maximum absolute atomic E-state index is 11.3. The number of anilines is 1. The van der Waals surface area contributed by atoms with Gasteiger partial charge >= 0.3 is 5.97 Å². The second-order valence-corrected chi connectivity index (χ2v) is 8.54. The van der Waals surface area contributed by atoms with Gasteiger partial charge < -0.3 is 10.0 Å². The van der Waals surface area contributed by atoms with Gasteiger partial charge in [-0.15, -0.1) is 11.3 Å². The van der Waals surface area contributed by atoms with Crippen LogP contribution in [0.3, 0.4) is 0 Å². The van der Waals surface area contributed by atoms with Gasteiger partial charge in [-0.3, -0.25) is 9.78 Å². The minimum absolute atomic E-state index is 0.260. The van der Waals surface area contributed by atoms with Gasteiger partial charge in [-0.2, -0.15) is 0 Å². The fraction of sp³-hybridized carbons (Fsp3) is 0.450. The van der Waals surface area contributed by atoms with Crippen LogP contribution in [0, 0.1) is 5.92 Å². The summed E-state index contributed by atoms with van der Waals surface area (Å²) in [4.78, 5) is 34.3. The number of carbonyl (C=O) groups is 1. The molecule has 1 aliphatic carbocycles. The van der Waals surface area contributed by atoms with Crippen LogP contribution < -0.4 is 4.90 Å². The highest BCUT2D eigenvalue weighted by Gasteiger charge is 2.29. The van der Waals surface area contributed by atoms with Gasteiger partial charge in [0, 0.05) is 30.4 Å². The van der Waals surface area contributed by atoms with Crippen LogP contribution in [-0.4, -0.2) is 44.1 Å². The molecule has 3 aromatic heterocycles. The van der Waals surface area contributed by atoms with E-state index in [2.05, 4.69) is 14.9 Å². The monoisotopic (exact) mass is 395 g/mol. The second kappa shape index (κ2) is 7.09. The smallest absolute Gasteiger partial charge is 0.306 e. The highest BCUT2D eigenvalue weighted by molar-refractivity contribution is 7.19. The number of thiophene rings is 1. The third-order valence-corrected chi connectivity index (χ3v) is 6.92. The third-order valence-electron chi connectivity index (χ3n) is 5.73. The number of hydrogen-bond acceptors (Lipinski definition) is 7. The highest BCUT2D eigenvalue weighted by Crippen LogP contribution is 2.41. The lowest BCUT2D eigenvalue weighted by atomic mass is 9.95. The summed E-state index contributed by atoms with van der Waals surface area (Å²) in [5.41, 5.74) is 2.06. The number of rotatable bonds is 3. The largest absolute Gasteiger partial charge is 0.481 e. The van der Waals surface area contributed by atoms with Gasteiger partial charge in [-0.1, -0.05) is 0 Å². The molecule has 8 heteroatoms. The molecule has 0 unspecified atom stereocenters. The summed E-state index contributed by atoms with van der Waals surface area (Å²) in [6.45, 7) is 1.40. The van der Waals surface area contributed by atoms with E-state index in [0.717, 1.165) is 23.5 Å². The van der Waals surface area contributed by atoms with Crippen LogP contribution in [0.5, 0.6) is 0 Å². The van der Waals surface area contributed by atoms with Gasteiger partial charge in [-0.25, -0.2) is 15.0 Å². The molecule has 0 amide bonds. The van der Waals surface area contributed by atoms with Gasteiger partial charge in [0.05, 0.1) is 17.5 Å². The van der Waals surface area contributed by atoms with Crippen LogP contribution in [-0.2, 0) is 17.6 Å². The van der Waals surface area contributed by atoms with E-state index in [4.69, 9.17) is 9.97 Å². The summed E-state index contributed by atoms with van der Waals surface area (Å²) in [5, 5.41) is 10.5. The first kappa shape index (κ1) is 17.5. The lowest BCUT2D eigenvalue weighted by Crippen LogP contribution is -2.37. The van der Waals surface area contributed by atoms with Crippen molar-refractivity contribution in [1.29, 1.82) is 0 Å². The molecule has 2 aliphatic rings. The molecule has 1 saturated heterocycles. The van der Waals surface area contributed by atoms with Gasteiger partial charge in [-0.05, 0) is 44.1 Å². The number of aliphatic carboxylic acids is 1. The molecule has 0 saturated carbocycles. The zero-order valence-corrected chi connectivity index (χ0v) is 16.3. The zero-order chi connectivity index (χ0) is 19.1. The number of nitrogens with zero attached hydrogens (tertiary/aromatic N) is 5. The number of aryl methyl sites for hydroxylation is 2. The van der Waals surface area contributed by atoms with Crippen molar-refractivity contribution in [3.8, 4) is 11.5 Å². The standard InChI is InChI=1S/C20H21N5O2S/c26-20(27)12-5-9-25(10-6-12)18-16-13-3-1-2-4-15(13)28-19(16)24-17(23-18)14-11-21-7-8-22-14/h7-8,11-12H,1-6,9-10H2,(H,26,27). The molecule has 7 nitrogen and oxygen atoms in total. The minimum atomic E-state index is -0.694. The predicted octanol–water partition coefficient (Wildman–Crippen LogP) is 3.33. The molecule has 3 aromatic rings. The van der Waals surface area contributed by atoms with E-state index in [1.165, 1.54) is 28.7 Å². The molecule has 144 valence electrons. The first-order valence-electron chi connectivity index (χ1n) is 9.77. The van der Waals surface area contributed by atoms with Crippen molar-refractivity contribution in [3.63, 3.8) is 0 Å². The lowest BCUT2D eigenvalue weighted by molar-refractivity contribution is -0.142. The molecule has 1 N–H and O–H groups in total. The normalized spacial score (nSPS) is 17.6. The quantitative estimate of drug-likeness (QED) is 0.727. The summed E-state index contributed by atoms with van der Waals surface area (Å²) in [6, 6.07) is 0. The van der Waals surface area contributed by atoms with E-state index in [1.54, 1.807) is 29.9 Å². The summed E-state index contributed by atoms with van der Waals surface area (Å²) >= 11 is 1.77. The molecule has 0 atom stereocenters. The van der Waals surface area contributed by atoms with Gasteiger partial charge in [0.1, 0.15) is 16.3 Å². The Morgan fingerprint density at radius 2 is 1.96 bits per heavy atom. The number of fused-ring (bicyclic) bond motifs is 3. The molecule has 0 aromatic carbocycles. The van der Waals surface area contributed by atoms with E-state index >= 15 is 0 Å². The predicted molar refractivity (Wildman–Crippen MR) is 108 cm³/mol. The molecule has 0 spiro atoms. The maximum atomic E-state index is 11.3. The molecule has 0 bridgehead atoms. The first-order chi connectivity index (χ1) is 13.7. The number of aromatic nitrogens is 4. The Bertz CT molecular complexity index is 1030. The molecule has 1 aliphatic heterocycles. The number of hydrogen-bond donors (Lipinski definition) is 1. The molecule has 0 radical (unpaired) electrons. The fourth-order valence-electron chi connectivity index (χ4n) is 4.23. The van der Waals surface area contributed by atoms with Crippen molar-refractivity contribution < 1.29 is 9.90 Å². The molecule has 1 fully saturated rings. The van der Waals surface area contributed by atoms with Crippen LogP contribution in [0.2, 0.25) is 0 Å². The zero-order valence-electron chi connectivity index (χ0n) is 15.5. The van der Waals surface area contributed by atoms with Gasteiger partial charge in [0.2, 0.25) is 0 Å². The van der Waals surface area contributed by atoms with Crippen molar-refractivity contribution in [1.82, 2.24) is 19.9 Å². The highest BCUT2D eigenvalue weighted by atomic mass is 32.1. The number of carboxylic acid groups (broad SMARTS) is 1. The van der Waals surface area contributed by atoms with Crippen LogP contribution >= 0.6 is 11.3 Å². The van der Waals surface area contributed by atoms with Crippen molar-refractivity contribution in [2.45, 2.75) is 38.5 Å². The first-order valence-corrected chi connectivity index (χ1v) is 10.6. The third kappa shape index (κ3) is 3.01. The Morgan fingerprint density at radius 3 is 2.71 bits per heavy atom. The summed E-state index contributed by atoms with van der Waals surface area (Å²) in [5.74, 6) is 0.577. The van der Waals surface area contributed by atoms with Crippen LogP contribution in [0.15, 0.2) is 18.6 Å². The van der Waals surface area contributed by atoms with E-state index in [0.29, 0.717) is 37.4 Å². The van der Waals surface area contributed by atoms with Crippen LogP contribution in [0.1, 0.15) is 36.1 Å². The van der Waals surface area contributed by atoms with Crippen LogP contribution in [0.25, 0.3) is 21.7 Å². The van der Waals surface area contributed by atoms with E-state index in [9.17, 15) is 9.90 Å². The van der Waals surface area contributed by atoms with E-state index in [1.807, 2.05) is 0 Å². The Morgan fingerprint density at radius 1 is 1.14 bits per heavy atom. The van der Waals surface area contributed by atoms with Gasteiger partial charge in [0.15, 0.2) is 5.82 Å². The van der Waals surface area contributed by atoms with Crippen molar-refractivity contribution in [3.05, 3.63) is 29.0 Å². The fourth-order valence-corrected chi connectivity index (χ4v) is 5.49. The molecule has 5 rings (SSSR count). The molecular weight excluding hydrogens is 374 g/mol. The Hall–Kier alpha value is -2.61. The van der Waals surface area contributed by atoms with E-state index in [-0.39, 0.29) is 5.92 Å².